The summed E-state index contributed by atoms with van der Waals surface area (Å²) in [7, 11) is -3.60. The average molecular weight is 243 g/mol. The molecule has 88 valence electrons. The quantitative estimate of drug-likeness (QED) is 0.812. The van der Waals surface area contributed by atoms with E-state index in [1.165, 1.54) is 6.92 Å². The van der Waals surface area contributed by atoms with Crippen molar-refractivity contribution < 1.29 is 17.4 Å². The number of benzene rings is 1. The topological polar surface area (TPSA) is 72.5 Å². The maximum absolute atomic E-state index is 11.0. The minimum atomic E-state index is -3.60. The van der Waals surface area contributed by atoms with Crippen molar-refractivity contribution in [2.24, 2.45) is 0 Å². The highest BCUT2D eigenvalue weighted by Gasteiger charge is 2.10. The summed E-state index contributed by atoms with van der Waals surface area (Å²) in [4.78, 5) is 10.9. The number of hydrogen-bond acceptors (Lipinski definition) is 4. The monoisotopic (exact) mass is 243 g/mol. The van der Waals surface area contributed by atoms with Crippen LogP contribution in [-0.4, -0.2) is 20.6 Å². The molecule has 0 aliphatic carbocycles. The number of anilines is 1. The first-order valence-corrected chi connectivity index (χ1v) is 6.37. The molecule has 1 aromatic carbocycles. The zero-order valence-corrected chi connectivity index (χ0v) is 10.1. The molecule has 0 unspecified atom stereocenters. The summed E-state index contributed by atoms with van der Waals surface area (Å²) in [5.41, 5.74) is 1.18. The van der Waals surface area contributed by atoms with Gasteiger partial charge in [-0.15, -0.1) is 0 Å². The molecule has 0 bridgehead atoms. The molecule has 1 rings (SSSR count). The summed E-state index contributed by atoms with van der Waals surface area (Å²) < 4.78 is 26.8. The molecule has 0 spiro atoms. The van der Waals surface area contributed by atoms with Gasteiger partial charge in [0.2, 0.25) is 5.91 Å². The first-order valence-electron chi connectivity index (χ1n) is 4.55. The fraction of sp³-hybridized carbons (Fsp3) is 0.300. The number of nitrogens with one attached hydrogen (secondary N) is 1. The summed E-state index contributed by atoms with van der Waals surface area (Å²) in [5, 5.41) is 2.49. The van der Waals surface area contributed by atoms with Gasteiger partial charge in [-0.3, -0.25) is 4.79 Å². The Morgan fingerprint density at radius 2 is 2.00 bits per heavy atom. The van der Waals surface area contributed by atoms with Gasteiger partial charge >= 0.3 is 10.1 Å². The van der Waals surface area contributed by atoms with Crippen LogP contribution in [0.4, 0.5) is 5.69 Å². The van der Waals surface area contributed by atoms with E-state index in [2.05, 4.69) is 5.32 Å². The van der Waals surface area contributed by atoms with Crippen LogP contribution in [0.2, 0.25) is 0 Å². The van der Waals surface area contributed by atoms with E-state index in [0.717, 1.165) is 11.8 Å². The number of hydrogen-bond donors (Lipinski definition) is 1. The van der Waals surface area contributed by atoms with Crippen LogP contribution in [0.25, 0.3) is 0 Å². The molecular weight excluding hydrogens is 230 g/mol. The molecule has 0 aliphatic rings. The second-order valence-corrected chi connectivity index (χ2v) is 5.04. The minimum absolute atomic E-state index is 0.123. The Labute approximate surface area is 94.6 Å². The van der Waals surface area contributed by atoms with E-state index in [1.54, 1.807) is 25.1 Å². The van der Waals surface area contributed by atoms with Crippen molar-refractivity contribution in [1.82, 2.24) is 0 Å². The van der Waals surface area contributed by atoms with Crippen LogP contribution in [0.15, 0.2) is 18.2 Å². The number of aryl methyl sites for hydroxylation is 1. The van der Waals surface area contributed by atoms with Gasteiger partial charge in [-0.2, -0.15) is 8.42 Å². The molecular formula is C10H13NO4S. The van der Waals surface area contributed by atoms with E-state index in [0.29, 0.717) is 5.69 Å². The zero-order valence-electron chi connectivity index (χ0n) is 9.27. The Bertz CT molecular complexity index is 508. The second-order valence-electron chi connectivity index (χ2n) is 3.47. The van der Waals surface area contributed by atoms with E-state index in [-0.39, 0.29) is 11.7 Å². The van der Waals surface area contributed by atoms with Gasteiger partial charge < -0.3 is 9.50 Å². The number of carbonyl (C=O) groups is 1. The van der Waals surface area contributed by atoms with Crippen LogP contribution in [-0.2, 0) is 14.9 Å². The summed E-state index contributed by atoms with van der Waals surface area (Å²) in [5.74, 6) is -0.167. The van der Waals surface area contributed by atoms with E-state index in [4.69, 9.17) is 4.18 Å². The molecule has 16 heavy (non-hydrogen) atoms. The van der Waals surface area contributed by atoms with Crippen LogP contribution >= 0.6 is 0 Å². The van der Waals surface area contributed by atoms with Crippen molar-refractivity contribution in [2.45, 2.75) is 13.8 Å². The van der Waals surface area contributed by atoms with Gasteiger partial charge in [0, 0.05) is 6.92 Å². The highest BCUT2D eigenvalue weighted by molar-refractivity contribution is 7.86. The second kappa shape index (κ2) is 4.52. The lowest BCUT2D eigenvalue weighted by Crippen LogP contribution is -2.11. The number of rotatable bonds is 3. The molecule has 0 atom stereocenters. The fourth-order valence-corrected chi connectivity index (χ4v) is 1.62. The molecule has 0 fully saturated rings. The maximum atomic E-state index is 11.0. The lowest BCUT2D eigenvalue weighted by molar-refractivity contribution is -0.114. The molecule has 0 aromatic heterocycles. The molecule has 0 saturated carbocycles. The fourth-order valence-electron chi connectivity index (χ4n) is 1.15. The van der Waals surface area contributed by atoms with Crippen LogP contribution in [0.5, 0.6) is 5.75 Å². The van der Waals surface area contributed by atoms with E-state index >= 15 is 0 Å². The van der Waals surface area contributed by atoms with Gasteiger partial charge in [-0.25, -0.2) is 0 Å². The molecule has 5 nitrogen and oxygen atoms in total. The van der Waals surface area contributed by atoms with Crippen LogP contribution in [0.3, 0.4) is 0 Å². The molecule has 0 heterocycles. The Balaban J connectivity index is 3.13. The first-order chi connectivity index (χ1) is 7.28. The molecule has 0 saturated heterocycles. The highest BCUT2D eigenvalue weighted by atomic mass is 32.2. The third kappa shape index (κ3) is 3.90. The lowest BCUT2D eigenvalue weighted by Gasteiger charge is -2.10. The first kappa shape index (κ1) is 12.5. The Hall–Kier alpha value is -1.56. The predicted octanol–water partition coefficient (Wildman–Crippen LogP) is 1.29. The summed E-state index contributed by atoms with van der Waals surface area (Å²) >= 11 is 0. The Morgan fingerprint density at radius 3 is 2.50 bits per heavy atom. The average Bonchev–Trinajstić information content (AvgIpc) is 2.06. The molecule has 1 N–H and O–H groups in total. The smallest absolute Gasteiger partial charge is 0.306 e. The third-order valence-electron chi connectivity index (χ3n) is 1.69. The molecule has 6 heteroatoms. The molecule has 0 radical (unpaired) electrons. The van der Waals surface area contributed by atoms with Gasteiger partial charge in [-0.05, 0) is 24.6 Å². The maximum Gasteiger partial charge on any atom is 0.306 e. The number of carbonyl (C=O) groups excluding carboxylic acids is 1. The Kier molecular flexibility index (Phi) is 3.54. The Morgan fingerprint density at radius 1 is 1.38 bits per heavy atom. The van der Waals surface area contributed by atoms with Crippen molar-refractivity contribution >= 4 is 21.7 Å². The van der Waals surface area contributed by atoms with Gasteiger partial charge in [0.1, 0.15) is 0 Å². The largest absolute Gasteiger partial charge is 0.380 e. The van der Waals surface area contributed by atoms with Crippen molar-refractivity contribution in [1.29, 1.82) is 0 Å². The zero-order chi connectivity index (χ0) is 12.3. The summed E-state index contributed by atoms with van der Waals surface area (Å²) in [6.45, 7) is 3.14. The van der Waals surface area contributed by atoms with Crippen LogP contribution < -0.4 is 9.50 Å². The predicted molar refractivity (Wildman–Crippen MR) is 61.0 cm³/mol. The van der Waals surface area contributed by atoms with Gasteiger partial charge in [0.15, 0.2) is 5.75 Å². The van der Waals surface area contributed by atoms with Gasteiger partial charge in [-0.1, -0.05) is 6.07 Å². The van der Waals surface area contributed by atoms with Crippen molar-refractivity contribution in [2.75, 3.05) is 11.6 Å². The lowest BCUT2D eigenvalue weighted by atomic mass is 10.2. The molecule has 0 aliphatic heterocycles. The summed E-state index contributed by atoms with van der Waals surface area (Å²) in [6.07, 6.45) is 0.951. The van der Waals surface area contributed by atoms with Crippen molar-refractivity contribution in [3.63, 3.8) is 0 Å². The van der Waals surface area contributed by atoms with Gasteiger partial charge in [0.25, 0.3) is 0 Å². The number of amides is 1. The van der Waals surface area contributed by atoms with Gasteiger partial charge in [0.05, 0.1) is 11.9 Å². The minimum Gasteiger partial charge on any atom is -0.380 e. The summed E-state index contributed by atoms with van der Waals surface area (Å²) in [6, 6.07) is 4.89. The SMILES string of the molecule is CC(=O)Nc1ccc(C)cc1OS(C)(=O)=O. The van der Waals surface area contributed by atoms with E-state index in [9.17, 15) is 13.2 Å². The van der Waals surface area contributed by atoms with E-state index in [1.807, 2.05) is 0 Å². The third-order valence-corrected chi connectivity index (χ3v) is 2.17. The van der Waals surface area contributed by atoms with Crippen LogP contribution in [0, 0.1) is 6.92 Å². The van der Waals surface area contributed by atoms with Crippen molar-refractivity contribution in [3.05, 3.63) is 23.8 Å². The molecule has 1 amide bonds. The molecule has 1 aromatic rings. The normalized spacial score (nSPS) is 10.9. The highest BCUT2D eigenvalue weighted by Crippen LogP contribution is 2.26. The van der Waals surface area contributed by atoms with E-state index < -0.39 is 10.1 Å². The van der Waals surface area contributed by atoms with Crippen molar-refractivity contribution in [3.8, 4) is 5.75 Å². The van der Waals surface area contributed by atoms with Crippen LogP contribution in [0.1, 0.15) is 12.5 Å². The standard InChI is InChI=1S/C10H13NO4S/c1-7-4-5-9(11-8(2)12)10(6-7)15-16(3,13)14/h4-6H,1-3H3,(H,11,12).